The summed E-state index contributed by atoms with van der Waals surface area (Å²) in [5, 5.41) is 12.2. The number of aryl methyl sites for hydroxylation is 1. The topological polar surface area (TPSA) is 70.9 Å². The highest BCUT2D eigenvalue weighted by atomic mass is 32.1. The van der Waals surface area contributed by atoms with Crippen LogP contribution < -0.4 is 5.32 Å². The maximum absolute atomic E-state index is 13.7. The zero-order valence-electron chi connectivity index (χ0n) is 9.80. The zero-order chi connectivity index (χ0) is 13.0. The number of hydrogen-bond acceptors (Lipinski definition) is 6. The van der Waals surface area contributed by atoms with E-state index < -0.39 is 5.82 Å². The summed E-state index contributed by atoms with van der Waals surface area (Å²) in [7, 11) is 0. The van der Waals surface area contributed by atoms with Gasteiger partial charge in [-0.1, -0.05) is 0 Å². The van der Waals surface area contributed by atoms with Gasteiger partial charge in [-0.3, -0.25) is 4.98 Å². The zero-order valence-corrected chi connectivity index (χ0v) is 10.6. The predicted molar refractivity (Wildman–Crippen MR) is 67.0 cm³/mol. The molecule has 2 heterocycles. The fourth-order valence-electron chi connectivity index (χ4n) is 1.50. The summed E-state index contributed by atoms with van der Waals surface area (Å²) in [6.45, 7) is 1.46. The van der Waals surface area contributed by atoms with Gasteiger partial charge in [-0.05, 0) is 6.92 Å². The van der Waals surface area contributed by atoms with Gasteiger partial charge < -0.3 is 10.4 Å². The van der Waals surface area contributed by atoms with Crippen LogP contribution in [0.15, 0.2) is 18.0 Å². The van der Waals surface area contributed by atoms with Crippen LogP contribution in [0.3, 0.4) is 0 Å². The summed E-state index contributed by atoms with van der Waals surface area (Å²) < 4.78 is 13.7. The molecule has 0 aliphatic heterocycles. The lowest BCUT2D eigenvalue weighted by atomic mass is 10.2. The maximum Gasteiger partial charge on any atom is 0.186 e. The lowest BCUT2D eigenvalue weighted by Crippen LogP contribution is -2.27. The molecule has 0 aromatic carbocycles. The number of thiazole rings is 1. The Morgan fingerprint density at radius 3 is 3.00 bits per heavy atom. The summed E-state index contributed by atoms with van der Waals surface area (Å²) in [6.07, 6.45) is 3.60. The Bertz CT molecular complexity index is 506. The molecule has 0 aliphatic carbocycles. The van der Waals surface area contributed by atoms with Gasteiger partial charge in [-0.2, -0.15) is 0 Å². The molecule has 0 saturated carbocycles. The molecule has 1 unspecified atom stereocenters. The van der Waals surface area contributed by atoms with Crippen molar-refractivity contribution in [3.05, 3.63) is 34.4 Å². The normalized spacial score (nSPS) is 12.4. The predicted octanol–water partition coefficient (Wildman–Crippen LogP) is 1.40. The van der Waals surface area contributed by atoms with E-state index in [-0.39, 0.29) is 24.2 Å². The van der Waals surface area contributed by atoms with Crippen molar-refractivity contribution in [3.63, 3.8) is 0 Å². The van der Waals surface area contributed by atoms with Crippen molar-refractivity contribution < 1.29 is 9.50 Å². The van der Waals surface area contributed by atoms with E-state index in [1.54, 1.807) is 18.6 Å². The van der Waals surface area contributed by atoms with Gasteiger partial charge in [-0.25, -0.2) is 14.4 Å². The third kappa shape index (κ3) is 2.99. The van der Waals surface area contributed by atoms with Crippen LogP contribution in [0.4, 0.5) is 10.2 Å². The van der Waals surface area contributed by atoms with Crippen molar-refractivity contribution in [2.75, 3.05) is 11.9 Å². The molecule has 2 aromatic rings. The second-order valence-electron chi connectivity index (χ2n) is 3.82. The molecule has 96 valence electrons. The molecule has 2 aromatic heterocycles. The van der Waals surface area contributed by atoms with Crippen LogP contribution in [-0.2, 0) is 6.42 Å². The number of nitrogens with one attached hydrogen (secondary N) is 1. The molecule has 2 N–H and O–H groups in total. The van der Waals surface area contributed by atoms with E-state index in [9.17, 15) is 9.50 Å². The minimum Gasteiger partial charge on any atom is -0.394 e. The molecule has 2 rings (SSSR count). The van der Waals surface area contributed by atoms with Gasteiger partial charge in [0, 0.05) is 17.5 Å². The molecule has 0 spiro atoms. The van der Waals surface area contributed by atoms with Crippen LogP contribution in [0.1, 0.15) is 10.6 Å². The Labute approximate surface area is 108 Å². The van der Waals surface area contributed by atoms with Gasteiger partial charge in [0.15, 0.2) is 11.6 Å². The lowest BCUT2D eigenvalue weighted by molar-refractivity contribution is 0.273. The van der Waals surface area contributed by atoms with E-state index >= 15 is 0 Å². The molecule has 0 radical (unpaired) electrons. The first-order chi connectivity index (χ1) is 8.70. The average molecular weight is 268 g/mol. The fourth-order valence-corrected chi connectivity index (χ4v) is 2.18. The summed E-state index contributed by atoms with van der Waals surface area (Å²) in [5.41, 5.74) is 2.00. The van der Waals surface area contributed by atoms with Gasteiger partial charge in [0.05, 0.1) is 23.9 Å². The van der Waals surface area contributed by atoms with E-state index in [0.29, 0.717) is 6.42 Å². The number of nitrogens with zero attached hydrogens (tertiary/aromatic N) is 3. The number of halogens is 1. The molecule has 0 saturated heterocycles. The molecule has 0 amide bonds. The summed E-state index contributed by atoms with van der Waals surface area (Å²) in [4.78, 5) is 12.6. The molecular weight excluding hydrogens is 255 g/mol. The largest absolute Gasteiger partial charge is 0.394 e. The van der Waals surface area contributed by atoms with E-state index in [2.05, 4.69) is 20.3 Å². The molecule has 0 bridgehead atoms. The Balaban J connectivity index is 2.08. The Morgan fingerprint density at radius 2 is 2.33 bits per heavy atom. The van der Waals surface area contributed by atoms with Crippen molar-refractivity contribution in [2.45, 2.75) is 19.4 Å². The number of hydrogen-bond donors (Lipinski definition) is 2. The standard InChI is InChI=1S/C11H13FN4OS/c1-7-10(12)11(15-5-14-7)16-8(4-17)2-9-3-13-6-18-9/h3,5-6,8,17H,2,4H2,1H3,(H,14,15,16). The first-order valence-electron chi connectivity index (χ1n) is 5.42. The van der Waals surface area contributed by atoms with Crippen LogP contribution in [-0.4, -0.2) is 32.7 Å². The van der Waals surface area contributed by atoms with Crippen LogP contribution in [0.25, 0.3) is 0 Å². The molecule has 1 atom stereocenters. The van der Waals surface area contributed by atoms with Gasteiger partial charge >= 0.3 is 0 Å². The van der Waals surface area contributed by atoms with Gasteiger partial charge in [-0.15, -0.1) is 11.3 Å². The van der Waals surface area contributed by atoms with E-state index in [1.807, 2.05) is 0 Å². The first kappa shape index (κ1) is 12.8. The SMILES string of the molecule is Cc1ncnc(NC(CO)Cc2cncs2)c1F. The highest BCUT2D eigenvalue weighted by Crippen LogP contribution is 2.15. The molecule has 7 heteroatoms. The third-order valence-electron chi connectivity index (χ3n) is 2.46. The second kappa shape index (κ2) is 5.83. The molecule has 0 fully saturated rings. The lowest BCUT2D eigenvalue weighted by Gasteiger charge is -2.16. The van der Waals surface area contributed by atoms with Crippen LogP contribution >= 0.6 is 11.3 Å². The average Bonchev–Trinajstić information content (AvgIpc) is 2.86. The Morgan fingerprint density at radius 1 is 1.50 bits per heavy atom. The molecule has 5 nitrogen and oxygen atoms in total. The minimum atomic E-state index is -0.486. The van der Waals surface area contributed by atoms with Gasteiger partial charge in [0.25, 0.3) is 0 Å². The second-order valence-corrected chi connectivity index (χ2v) is 4.79. The van der Waals surface area contributed by atoms with Crippen molar-refractivity contribution in [3.8, 4) is 0 Å². The van der Waals surface area contributed by atoms with Crippen LogP contribution in [0, 0.1) is 12.7 Å². The first-order valence-corrected chi connectivity index (χ1v) is 6.30. The summed E-state index contributed by atoms with van der Waals surface area (Å²) in [5.74, 6) is -0.369. The quantitative estimate of drug-likeness (QED) is 0.857. The Kier molecular flexibility index (Phi) is 4.16. The van der Waals surface area contributed by atoms with E-state index in [1.165, 1.54) is 17.7 Å². The maximum atomic E-state index is 13.7. The fraction of sp³-hybridized carbons (Fsp3) is 0.364. The highest BCUT2D eigenvalue weighted by molar-refractivity contribution is 7.09. The van der Waals surface area contributed by atoms with E-state index in [4.69, 9.17) is 0 Å². The number of aliphatic hydroxyl groups excluding tert-OH is 1. The van der Waals surface area contributed by atoms with Gasteiger partial charge in [0.2, 0.25) is 0 Å². The highest BCUT2D eigenvalue weighted by Gasteiger charge is 2.14. The monoisotopic (exact) mass is 268 g/mol. The molecule has 0 aliphatic rings. The number of anilines is 1. The number of rotatable bonds is 5. The van der Waals surface area contributed by atoms with Crippen molar-refractivity contribution >= 4 is 17.2 Å². The smallest absolute Gasteiger partial charge is 0.186 e. The Hall–Kier alpha value is -1.60. The minimum absolute atomic E-state index is 0.111. The summed E-state index contributed by atoms with van der Waals surface area (Å²) >= 11 is 1.50. The summed E-state index contributed by atoms with van der Waals surface area (Å²) in [6, 6.07) is -0.297. The van der Waals surface area contributed by atoms with Gasteiger partial charge in [0.1, 0.15) is 6.33 Å². The third-order valence-corrected chi connectivity index (χ3v) is 3.26. The number of aliphatic hydroxyl groups is 1. The van der Waals surface area contributed by atoms with Crippen molar-refractivity contribution in [1.82, 2.24) is 15.0 Å². The van der Waals surface area contributed by atoms with Crippen molar-refractivity contribution in [2.24, 2.45) is 0 Å². The molecular formula is C11H13FN4OS. The van der Waals surface area contributed by atoms with E-state index in [0.717, 1.165) is 4.88 Å². The molecule has 18 heavy (non-hydrogen) atoms. The number of aromatic nitrogens is 3. The van der Waals surface area contributed by atoms with Crippen LogP contribution in [0.5, 0.6) is 0 Å². The van der Waals surface area contributed by atoms with Crippen LogP contribution in [0.2, 0.25) is 0 Å². The van der Waals surface area contributed by atoms with Crippen molar-refractivity contribution in [1.29, 1.82) is 0 Å².